The van der Waals surface area contributed by atoms with Gasteiger partial charge in [-0.3, -0.25) is 4.79 Å². The lowest BCUT2D eigenvalue weighted by atomic mass is 9.97. The molecule has 36 heavy (non-hydrogen) atoms. The highest BCUT2D eigenvalue weighted by molar-refractivity contribution is 7.80. The van der Waals surface area contributed by atoms with E-state index >= 15 is 0 Å². The molecule has 1 aromatic heterocycles. The first-order valence-electron chi connectivity index (χ1n) is 12.3. The van der Waals surface area contributed by atoms with Crippen molar-refractivity contribution in [2.75, 3.05) is 19.7 Å². The van der Waals surface area contributed by atoms with Crippen molar-refractivity contribution in [3.8, 4) is 5.75 Å². The Hall–Kier alpha value is -3.84. The Bertz CT molecular complexity index is 1640. The maximum Gasteiger partial charge on any atom is 0.309 e. The number of nitrogens with zero attached hydrogens (tertiary/aromatic N) is 3. The lowest BCUT2D eigenvalue weighted by Crippen LogP contribution is -2.41. The Morgan fingerprint density at radius 2 is 1.47 bits per heavy atom. The van der Waals surface area contributed by atoms with Gasteiger partial charge in [-0.15, -0.1) is 0 Å². The number of rotatable bonds is 3. The number of hydrogen-bond donors (Lipinski definition) is 0. The van der Waals surface area contributed by atoms with Crippen molar-refractivity contribution >= 4 is 67.0 Å². The average molecular weight is 496 g/mol. The summed E-state index contributed by atoms with van der Waals surface area (Å²) in [7, 11) is 0. The second-order valence-corrected chi connectivity index (χ2v) is 9.39. The minimum atomic E-state index is -0.121. The van der Waals surface area contributed by atoms with Gasteiger partial charge in [0.05, 0.1) is 34.6 Å². The van der Waals surface area contributed by atoms with Gasteiger partial charge in [0.1, 0.15) is 5.75 Å². The quantitative estimate of drug-likeness (QED) is 0.131. The van der Waals surface area contributed by atoms with E-state index in [1.54, 1.807) is 0 Å². The second-order valence-electron chi connectivity index (χ2n) is 9.04. The fourth-order valence-electron chi connectivity index (χ4n) is 5.05. The van der Waals surface area contributed by atoms with Gasteiger partial charge in [0, 0.05) is 29.9 Å². The summed E-state index contributed by atoms with van der Waals surface area (Å²) in [6.45, 7) is 3.57. The van der Waals surface area contributed by atoms with Crippen LogP contribution in [0.15, 0.2) is 66.7 Å². The van der Waals surface area contributed by atoms with Gasteiger partial charge in [-0.2, -0.15) is 0 Å². The molecule has 6 nitrogen and oxygen atoms in total. The molecule has 0 atom stereocenters. The number of thiocarbonyl (C=S) groups is 1. The Balaban J connectivity index is 1.31. The maximum atomic E-state index is 12.0. The summed E-state index contributed by atoms with van der Waals surface area (Å²) in [4.78, 5) is 24.1. The summed E-state index contributed by atoms with van der Waals surface area (Å²) in [5.74, 6) is 0.433. The highest BCUT2D eigenvalue weighted by atomic mass is 32.1. The van der Waals surface area contributed by atoms with E-state index < -0.39 is 0 Å². The molecule has 2 heterocycles. The summed E-state index contributed by atoms with van der Waals surface area (Å²) in [6, 6.07) is 22.3. The average Bonchev–Trinajstić information content (AvgIpc) is 2.92. The van der Waals surface area contributed by atoms with Crippen LogP contribution in [0.25, 0.3) is 43.6 Å². The third kappa shape index (κ3) is 3.99. The summed E-state index contributed by atoms with van der Waals surface area (Å²) in [5, 5.41) is 4.91. The molecule has 5 aromatic rings. The zero-order valence-corrected chi connectivity index (χ0v) is 20.8. The zero-order chi connectivity index (χ0) is 24.6. The first kappa shape index (κ1) is 22.6. The molecule has 1 fully saturated rings. The van der Waals surface area contributed by atoms with Crippen LogP contribution in [0.1, 0.15) is 19.8 Å². The molecule has 4 aromatic carbocycles. The van der Waals surface area contributed by atoms with Gasteiger partial charge in [0.2, 0.25) is 0 Å². The van der Waals surface area contributed by atoms with E-state index in [9.17, 15) is 4.79 Å². The molecule has 0 N–H and O–H groups in total. The topological polar surface area (TPSA) is 64.5 Å². The number of hydrogen-bond acceptors (Lipinski definition) is 6. The highest BCUT2D eigenvalue weighted by Gasteiger charge is 2.27. The number of benzene rings is 4. The molecule has 0 aliphatic carbocycles. The number of ether oxygens (including phenoxy) is 2. The molecule has 0 amide bonds. The van der Waals surface area contributed by atoms with Gasteiger partial charge >= 0.3 is 5.97 Å². The number of esters is 1. The van der Waals surface area contributed by atoms with Crippen LogP contribution in [0, 0.1) is 5.92 Å². The van der Waals surface area contributed by atoms with E-state index in [4.69, 9.17) is 31.7 Å². The van der Waals surface area contributed by atoms with E-state index in [-0.39, 0.29) is 11.9 Å². The molecule has 1 aliphatic heterocycles. The third-order valence-electron chi connectivity index (χ3n) is 6.87. The van der Waals surface area contributed by atoms with Crippen molar-refractivity contribution in [2.24, 2.45) is 5.92 Å². The largest absolute Gasteiger partial charge is 0.466 e. The minimum Gasteiger partial charge on any atom is -0.466 e. The number of likely N-dealkylation sites (tertiary alicyclic amines) is 1. The van der Waals surface area contributed by atoms with Crippen molar-refractivity contribution in [2.45, 2.75) is 19.8 Å². The second kappa shape index (κ2) is 9.32. The standard InChI is InChI=1S/C29H25N3O3S/c1-2-34-28(33)18-13-15-32(16-14-18)29(36)35-19-11-12-24-25(17-19)31-27-23-10-6-4-8-21(23)20-7-3-5-9-22(20)26(27)30-24/h3-12,17-18H,2,13-16H2,1H3. The van der Waals surface area contributed by atoms with Crippen LogP contribution in [0.2, 0.25) is 0 Å². The Kier molecular flexibility index (Phi) is 5.85. The zero-order valence-electron chi connectivity index (χ0n) is 19.9. The predicted molar refractivity (Wildman–Crippen MR) is 146 cm³/mol. The molecular weight excluding hydrogens is 470 g/mol. The molecule has 0 spiro atoms. The van der Waals surface area contributed by atoms with Crippen molar-refractivity contribution in [3.05, 3.63) is 66.7 Å². The van der Waals surface area contributed by atoms with E-state index in [2.05, 4.69) is 36.4 Å². The molecular formula is C29H25N3O3S. The van der Waals surface area contributed by atoms with Gasteiger partial charge in [-0.05, 0) is 54.9 Å². The van der Waals surface area contributed by atoms with Gasteiger partial charge in [0.25, 0.3) is 5.17 Å². The van der Waals surface area contributed by atoms with Gasteiger partial charge in [-0.1, -0.05) is 48.5 Å². The molecule has 7 heteroatoms. The van der Waals surface area contributed by atoms with Gasteiger partial charge in [-0.25, -0.2) is 9.97 Å². The molecule has 1 saturated heterocycles. The van der Waals surface area contributed by atoms with E-state index in [0.29, 0.717) is 43.5 Å². The molecule has 0 saturated carbocycles. The SMILES string of the molecule is CCOC(=O)C1CCN(C(=S)Oc2ccc3nc4c5ccccc5c5ccccc5c4nc3c2)CC1. The summed E-state index contributed by atoms with van der Waals surface area (Å²) >= 11 is 5.58. The molecule has 0 radical (unpaired) electrons. The summed E-state index contributed by atoms with van der Waals surface area (Å²) in [5.41, 5.74) is 3.32. The van der Waals surface area contributed by atoms with Crippen LogP contribution in [0.4, 0.5) is 0 Å². The van der Waals surface area contributed by atoms with Crippen LogP contribution in [0.3, 0.4) is 0 Å². The number of carbonyl (C=O) groups is 1. The Morgan fingerprint density at radius 1 is 0.889 bits per heavy atom. The maximum absolute atomic E-state index is 12.0. The first-order chi connectivity index (χ1) is 17.6. The monoisotopic (exact) mass is 495 g/mol. The van der Waals surface area contributed by atoms with Crippen LogP contribution in [0.5, 0.6) is 5.75 Å². The fraction of sp³-hybridized carbons (Fsp3) is 0.241. The molecule has 180 valence electrons. The fourth-order valence-corrected chi connectivity index (χ4v) is 5.32. The lowest BCUT2D eigenvalue weighted by molar-refractivity contribution is -0.149. The Morgan fingerprint density at radius 3 is 2.08 bits per heavy atom. The van der Waals surface area contributed by atoms with E-state index in [1.807, 2.05) is 42.2 Å². The number of piperidine rings is 1. The van der Waals surface area contributed by atoms with E-state index in [0.717, 1.165) is 38.2 Å². The van der Waals surface area contributed by atoms with Gasteiger partial charge < -0.3 is 14.4 Å². The number of carbonyl (C=O) groups excluding carboxylic acids is 1. The van der Waals surface area contributed by atoms with E-state index in [1.165, 1.54) is 5.39 Å². The predicted octanol–water partition coefficient (Wildman–Crippen LogP) is 6.03. The normalized spacial score (nSPS) is 14.5. The van der Waals surface area contributed by atoms with Gasteiger partial charge in [0.15, 0.2) is 0 Å². The molecule has 0 bridgehead atoms. The van der Waals surface area contributed by atoms with Crippen LogP contribution >= 0.6 is 12.2 Å². The van der Waals surface area contributed by atoms with Crippen molar-refractivity contribution < 1.29 is 14.3 Å². The Labute approximate surface area is 213 Å². The van der Waals surface area contributed by atoms with Crippen molar-refractivity contribution in [3.63, 3.8) is 0 Å². The van der Waals surface area contributed by atoms with Crippen LogP contribution in [-0.4, -0.2) is 45.7 Å². The minimum absolute atomic E-state index is 0.0703. The van der Waals surface area contributed by atoms with Crippen LogP contribution in [-0.2, 0) is 9.53 Å². The number of fused-ring (bicyclic) bond motifs is 7. The smallest absolute Gasteiger partial charge is 0.309 e. The summed E-state index contributed by atoms with van der Waals surface area (Å²) < 4.78 is 11.2. The number of aromatic nitrogens is 2. The lowest BCUT2D eigenvalue weighted by Gasteiger charge is -2.31. The molecule has 1 aliphatic rings. The van der Waals surface area contributed by atoms with Crippen LogP contribution < -0.4 is 4.74 Å². The third-order valence-corrected chi connectivity index (χ3v) is 7.21. The molecule has 0 unspecified atom stereocenters. The summed E-state index contributed by atoms with van der Waals surface area (Å²) in [6.07, 6.45) is 1.41. The molecule has 6 rings (SSSR count). The first-order valence-corrected chi connectivity index (χ1v) is 12.7. The highest BCUT2D eigenvalue weighted by Crippen LogP contribution is 2.34. The van der Waals surface area contributed by atoms with Crippen molar-refractivity contribution in [1.29, 1.82) is 0 Å². The van der Waals surface area contributed by atoms with Crippen molar-refractivity contribution in [1.82, 2.24) is 14.9 Å².